The Morgan fingerprint density at radius 1 is 1.40 bits per heavy atom. The topological polar surface area (TPSA) is 43.4 Å². The molecule has 0 saturated carbocycles. The standard InChI is InChI=1S/C12H12O3/c1-2-15-12(14)9-5-3-4-8-6-7-10(13)11(8)9/h3-5H,2,6-7H2,1H3. The summed E-state index contributed by atoms with van der Waals surface area (Å²) in [5, 5.41) is 0. The van der Waals surface area contributed by atoms with Gasteiger partial charge in [-0.2, -0.15) is 0 Å². The first-order valence-electron chi connectivity index (χ1n) is 5.06. The molecule has 0 heterocycles. The van der Waals surface area contributed by atoms with Gasteiger partial charge in [-0.15, -0.1) is 0 Å². The summed E-state index contributed by atoms with van der Waals surface area (Å²) in [7, 11) is 0. The van der Waals surface area contributed by atoms with E-state index in [1.54, 1.807) is 19.1 Å². The minimum atomic E-state index is -0.399. The van der Waals surface area contributed by atoms with Crippen molar-refractivity contribution in [1.82, 2.24) is 0 Å². The van der Waals surface area contributed by atoms with Gasteiger partial charge in [-0.3, -0.25) is 4.79 Å². The molecule has 0 unspecified atom stereocenters. The fraction of sp³-hybridized carbons (Fsp3) is 0.333. The van der Waals surface area contributed by atoms with Crippen molar-refractivity contribution in [2.24, 2.45) is 0 Å². The van der Waals surface area contributed by atoms with Crippen LogP contribution in [0.4, 0.5) is 0 Å². The molecule has 1 aliphatic rings. The van der Waals surface area contributed by atoms with Gasteiger partial charge in [0, 0.05) is 12.0 Å². The van der Waals surface area contributed by atoms with Crippen molar-refractivity contribution >= 4 is 11.8 Å². The van der Waals surface area contributed by atoms with Gasteiger partial charge in [0.15, 0.2) is 5.78 Å². The van der Waals surface area contributed by atoms with Gasteiger partial charge in [-0.1, -0.05) is 12.1 Å². The number of fused-ring (bicyclic) bond motifs is 1. The molecule has 1 aromatic carbocycles. The van der Waals surface area contributed by atoms with Crippen LogP contribution in [0.2, 0.25) is 0 Å². The number of carbonyl (C=O) groups is 2. The van der Waals surface area contributed by atoms with Crippen molar-refractivity contribution in [1.29, 1.82) is 0 Å². The van der Waals surface area contributed by atoms with E-state index in [0.29, 0.717) is 24.2 Å². The SMILES string of the molecule is CCOC(=O)c1cccc2c1C(=O)CC2. The summed E-state index contributed by atoms with van der Waals surface area (Å²) >= 11 is 0. The van der Waals surface area contributed by atoms with Gasteiger partial charge in [0.05, 0.1) is 12.2 Å². The molecule has 3 heteroatoms. The molecule has 0 radical (unpaired) electrons. The van der Waals surface area contributed by atoms with Crippen LogP contribution in [-0.2, 0) is 11.2 Å². The molecule has 0 aromatic heterocycles. The zero-order chi connectivity index (χ0) is 10.8. The fourth-order valence-corrected chi connectivity index (χ4v) is 1.89. The Balaban J connectivity index is 2.45. The molecule has 2 rings (SSSR count). The third kappa shape index (κ3) is 1.65. The first-order chi connectivity index (χ1) is 7.24. The Morgan fingerprint density at radius 3 is 2.93 bits per heavy atom. The quantitative estimate of drug-likeness (QED) is 0.692. The fourth-order valence-electron chi connectivity index (χ4n) is 1.89. The van der Waals surface area contributed by atoms with Crippen LogP contribution in [0.5, 0.6) is 0 Å². The van der Waals surface area contributed by atoms with Gasteiger partial charge >= 0.3 is 5.97 Å². The highest BCUT2D eigenvalue weighted by molar-refractivity contribution is 6.09. The number of Topliss-reactive ketones (excluding diaryl/α,β-unsaturated/α-hetero) is 1. The second kappa shape index (κ2) is 3.85. The molecule has 0 atom stereocenters. The number of ketones is 1. The molecule has 78 valence electrons. The zero-order valence-corrected chi connectivity index (χ0v) is 8.58. The average Bonchev–Trinajstić information content (AvgIpc) is 2.61. The molecule has 0 N–H and O–H groups in total. The third-order valence-corrected chi connectivity index (χ3v) is 2.55. The normalized spacial score (nSPS) is 13.8. The van der Waals surface area contributed by atoms with Crippen LogP contribution in [0.15, 0.2) is 18.2 Å². The van der Waals surface area contributed by atoms with Crippen LogP contribution in [0, 0.1) is 0 Å². The van der Waals surface area contributed by atoms with Crippen molar-refractivity contribution in [3.63, 3.8) is 0 Å². The molecule has 15 heavy (non-hydrogen) atoms. The van der Waals surface area contributed by atoms with E-state index in [4.69, 9.17) is 4.74 Å². The van der Waals surface area contributed by atoms with E-state index in [2.05, 4.69) is 0 Å². The minimum absolute atomic E-state index is 0.0497. The lowest BCUT2D eigenvalue weighted by atomic mass is 10.0. The predicted octanol–water partition coefficient (Wildman–Crippen LogP) is 1.99. The molecule has 0 aliphatic heterocycles. The molecule has 0 bridgehead atoms. The summed E-state index contributed by atoms with van der Waals surface area (Å²) in [5.74, 6) is -0.349. The number of carbonyl (C=O) groups excluding carboxylic acids is 2. The Bertz CT molecular complexity index is 421. The van der Waals surface area contributed by atoms with E-state index in [-0.39, 0.29) is 5.78 Å². The lowest BCUT2D eigenvalue weighted by Crippen LogP contribution is -2.10. The average molecular weight is 204 g/mol. The van der Waals surface area contributed by atoms with E-state index in [1.165, 1.54) is 0 Å². The smallest absolute Gasteiger partial charge is 0.338 e. The monoisotopic (exact) mass is 204 g/mol. The van der Waals surface area contributed by atoms with Crippen LogP contribution in [0.3, 0.4) is 0 Å². The summed E-state index contributed by atoms with van der Waals surface area (Å²) < 4.78 is 4.91. The molecule has 0 spiro atoms. The van der Waals surface area contributed by atoms with E-state index < -0.39 is 5.97 Å². The van der Waals surface area contributed by atoms with Crippen LogP contribution in [0.25, 0.3) is 0 Å². The van der Waals surface area contributed by atoms with Gasteiger partial charge in [-0.25, -0.2) is 4.79 Å². The number of benzene rings is 1. The summed E-state index contributed by atoms with van der Waals surface area (Å²) in [5.41, 5.74) is 1.94. The van der Waals surface area contributed by atoms with Crippen LogP contribution >= 0.6 is 0 Å². The van der Waals surface area contributed by atoms with Gasteiger partial charge in [0.2, 0.25) is 0 Å². The van der Waals surface area contributed by atoms with E-state index in [1.807, 2.05) is 6.07 Å². The van der Waals surface area contributed by atoms with Crippen LogP contribution in [-0.4, -0.2) is 18.4 Å². The molecular weight excluding hydrogens is 192 g/mol. The number of ether oxygens (including phenoxy) is 1. The van der Waals surface area contributed by atoms with Crippen LogP contribution in [0.1, 0.15) is 39.6 Å². The van der Waals surface area contributed by atoms with Crippen molar-refractivity contribution < 1.29 is 14.3 Å². The Hall–Kier alpha value is -1.64. The van der Waals surface area contributed by atoms with Crippen molar-refractivity contribution in [2.75, 3.05) is 6.61 Å². The second-order valence-corrected chi connectivity index (χ2v) is 3.48. The van der Waals surface area contributed by atoms with Crippen molar-refractivity contribution in [3.05, 3.63) is 34.9 Å². The largest absolute Gasteiger partial charge is 0.462 e. The van der Waals surface area contributed by atoms with Gasteiger partial charge in [0.25, 0.3) is 0 Å². The zero-order valence-electron chi connectivity index (χ0n) is 8.58. The second-order valence-electron chi connectivity index (χ2n) is 3.48. The molecule has 0 amide bonds. The number of hydrogen-bond donors (Lipinski definition) is 0. The summed E-state index contributed by atoms with van der Waals surface area (Å²) in [6.45, 7) is 2.08. The number of rotatable bonds is 2. The Morgan fingerprint density at radius 2 is 2.20 bits per heavy atom. The first-order valence-corrected chi connectivity index (χ1v) is 5.06. The highest BCUT2D eigenvalue weighted by Crippen LogP contribution is 2.25. The van der Waals surface area contributed by atoms with Crippen LogP contribution < -0.4 is 0 Å². The highest BCUT2D eigenvalue weighted by atomic mass is 16.5. The maximum atomic E-state index is 11.6. The van der Waals surface area contributed by atoms with E-state index >= 15 is 0 Å². The number of esters is 1. The van der Waals surface area contributed by atoms with Crippen molar-refractivity contribution in [3.8, 4) is 0 Å². The Labute approximate surface area is 88.1 Å². The maximum Gasteiger partial charge on any atom is 0.338 e. The molecule has 0 fully saturated rings. The third-order valence-electron chi connectivity index (χ3n) is 2.55. The van der Waals surface area contributed by atoms with Crippen molar-refractivity contribution in [2.45, 2.75) is 19.8 Å². The van der Waals surface area contributed by atoms with Gasteiger partial charge in [0.1, 0.15) is 0 Å². The highest BCUT2D eigenvalue weighted by Gasteiger charge is 2.25. The first kappa shape index (κ1) is 9.90. The lowest BCUT2D eigenvalue weighted by Gasteiger charge is -2.05. The summed E-state index contributed by atoms with van der Waals surface area (Å²) in [4.78, 5) is 23.2. The van der Waals surface area contributed by atoms with Gasteiger partial charge < -0.3 is 4.74 Å². The Kier molecular flexibility index (Phi) is 2.54. The van der Waals surface area contributed by atoms with E-state index in [0.717, 1.165) is 12.0 Å². The molecule has 0 saturated heterocycles. The molecular formula is C12H12O3. The summed E-state index contributed by atoms with van der Waals surface area (Å²) in [6, 6.07) is 5.34. The number of hydrogen-bond acceptors (Lipinski definition) is 3. The summed E-state index contributed by atoms with van der Waals surface area (Å²) in [6.07, 6.45) is 1.24. The predicted molar refractivity (Wildman–Crippen MR) is 55.1 cm³/mol. The maximum absolute atomic E-state index is 11.6. The van der Waals surface area contributed by atoms with E-state index in [9.17, 15) is 9.59 Å². The number of aryl methyl sites for hydroxylation is 1. The molecule has 1 aromatic rings. The molecule has 1 aliphatic carbocycles. The van der Waals surface area contributed by atoms with Gasteiger partial charge in [-0.05, 0) is 25.0 Å². The minimum Gasteiger partial charge on any atom is -0.462 e. The lowest BCUT2D eigenvalue weighted by molar-refractivity contribution is 0.0523. The molecule has 3 nitrogen and oxygen atoms in total.